The standard InChI is InChI=1S/C28H22ClN3O3/c1-18-24(27(29)32(31-18)17-19-10-4-2-5-11-19)28(34)35-26(20-12-6-3-7-13-20)25(33)22-16-30-23-15-9-8-14-21(22)23/h2-16,26,30H,17H2,1H3/t26-/m1/s1. The molecule has 3 aromatic carbocycles. The molecule has 0 aliphatic carbocycles. The van der Waals surface area contributed by atoms with Crippen LogP contribution in [0, 0.1) is 6.92 Å². The van der Waals surface area contributed by atoms with Crippen LogP contribution in [0.15, 0.2) is 91.1 Å². The summed E-state index contributed by atoms with van der Waals surface area (Å²) in [6.45, 7) is 2.10. The summed E-state index contributed by atoms with van der Waals surface area (Å²) in [6.07, 6.45) is 0.503. The van der Waals surface area contributed by atoms with E-state index in [2.05, 4.69) is 10.1 Å². The number of esters is 1. The predicted octanol–water partition coefficient (Wildman–Crippen LogP) is 6.16. The largest absolute Gasteiger partial charge is 0.445 e. The van der Waals surface area contributed by atoms with Crippen molar-refractivity contribution in [2.75, 3.05) is 0 Å². The minimum absolute atomic E-state index is 0.148. The maximum absolute atomic E-state index is 13.7. The predicted molar refractivity (Wildman–Crippen MR) is 135 cm³/mol. The number of nitrogens with zero attached hydrogens (tertiary/aromatic N) is 2. The van der Waals surface area contributed by atoms with E-state index in [9.17, 15) is 9.59 Å². The van der Waals surface area contributed by atoms with Crippen molar-refractivity contribution in [3.8, 4) is 0 Å². The number of ether oxygens (including phenoxy) is 1. The molecular formula is C28H22ClN3O3. The van der Waals surface area contributed by atoms with Crippen molar-refractivity contribution in [1.29, 1.82) is 0 Å². The second kappa shape index (κ2) is 9.60. The lowest BCUT2D eigenvalue weighted by Crippen LogP contribution is -2.20. The number of hydrogen-bond acceptors (Lipinski definition) is 4. The van der Waals surface area contributed by atoms with Crippen molar-refractivity contribution in [2.24, 2.45) is 0 Å². The zero-order valence-corrected chi connectivity index (χ0v) is 19.7. The first-order chi connectivity index (χ1) is 17.0. The van der Waals surface area contributed by atoms with Gasteiger partial charge < -0.3 is 9.72 Å². The van der Waals surface area contributed by atoms with E-state index in [1.165, 1.54) is 0 Å². The van der Waals surface area contributed by atoms with Gasteiger partial charge in [0.25, 0.3) is 0 Å². The number of rotatable bonds is 7. The highest BCUT2D eigenvalue weighted by Crippen LogP contribution is 2.30. The van der Waals surface area contributed by atoms with Crippen LogP contribution in [-0.2, 0) is 11.3 Å². The van der Waals surface area contributed by atoms with Crippen LogP contribution < -0.4 is 0 Å². The van der Waals surface area contributed by atoms with Crippen molar-refractivity contribution in [3.05, 3.63) is 124 Å². The molecule has 6 nitrogen and oxygen atoms in total. The highest BCUT2D eigenvalue weighted by Gasteiger charge is 2.31. The number of para-hydroxylation sites is 1. The quantitative estimate of drug-likeness (QED) is 0.222. The van der Waals surface area contributed by atoms with Gasteiger partial charge in [-0.05, 0) is 18.6 Å². The van der Waals surface area contributed by atoms with Gasteiger partial charge in [0, 0.05) is 28.2 Å². The van der Waals surface area contributed by atoms with Crippen molar-refractivity contribution in [3.63, 3.8) is 0 Å². The van der Waals surface area contributed by atoms with Crippen LogP contribution in [0.3, 0.4) is 0 Å². The van der Waals surface area contributed by atoms with E-state index in [0.717, 1.165) is 16.5 Å². The third-order valence-electron chi connectivity index (χ3n) is 5.86. The molecule has 0 saturated heterocycles. The Kier molecular flexibility index (Phi) is 6.21. The Morgan fingerprint density at radius 2 is 1.63 bits per heavy atom. The molecule has 35 heavy (non-hydrogen) atoms. The summed E-state index contributed by atoms with van der Waals surface area (Å²) in [7, 11) is 0. The lowest BCUT2D eigenvalue weighted by atomic mass is 9.99. The molecule has 7 heteroatoms. The second-order valence-corrected chi connectivity index (χ2v) is 8.56. The lowest BCUT2D eigenvalue weighted by molar-refractivity contribution is 0.0280. The zero-order valence-electron chi connectivity index (χ0n) is 18.9. The molecule has 0 unspecified atom stereocenters. The molecule has 0 spiro atoms. The Labute approximate surface area is 207 Å². The van der Waals surface area contributed by atoms with E-state index < -0.39 is 12.1 Å². The average Bonchev–Trinajstić information content (AvgIpc) is 3.43. The number of H-pyrrole nitrogens is 1. The fourth-order valence-corrected chi connectivity index (χ4v) is 4.44. The molecule has 174 valence electrons. The third-order valence-corrected chi connectivity index (χ3v) is 6.25. The van der Waals surface area contributed by atoms with Crippen LogP contribution in [0.4, 0.5) is 0 Å². The van der Waals surface area contributed by atoms with Gasteiger partial charge in [0.1, 0.15) is 10.7 Å². The van der Waals surface area contributed by atoms with Gasteiger partial charge >= 0.3 is 5.97 Å². The van der Waals surface area contributed by atoms with E-state index >= 15 is 0 Å². The van der Waals surface area contributed by atoms with Gasteiger partial charge in [-0.1, -0.05) is 90.5 Å². The van der Waals surface area contributed by atoms with Crippen LogP contribution >= 0.6 is 11.6 Å². The van der Waals surface area contributed by atoms with Crippen LogP contribution in [-0.4, -0.2) is 26.5 Å². The van der Waals surface area contributed by atoms with Crippen LogP contribution in [0.5, 0.6) is 0 Å². The monoisotopic (exact) mass is 483 g/mol. The van der Waals surface area contributed by atoms with E-state index in [1.54, 1.807) is 42.1 Å². The molecule has 1 atom stereocenters. The number of hydrogen-bond donors (Lipinski definition) is 1. The number of carbonyl (C=O) groups excluding carboxylic acids is 2. The van der Waals surface area contributed by atoms with E-state index in [1.807, 2.05) is 60.7 Å². The summed E-state index contributed by atoms with van der Waals surface area (Å²) in [5.41, 5.74) is 3.42. The highest BCUT2D eigenvalue weighted by molar-refractivity contribution is 6.32. The summed E-state index contributed by atoms with van der Waals surface area (Å²) in [5.74, 6) is -1.03. The lowest BCUT2D eigenvalue weighted by Gasteiger charge is -2.17. The second-order valence-electron chi connectivity index (χ2n) is 8.20. The number of carbonyl (C=O) groups is 2. The van der Waals surface area contributed by atoms with E-state index in [-0.39, 0.29) is 16.5 Å². The normalized spacial score (nSPS) is 11.9. The molecule has 0 bridgehead atoms. The van der Waals surface area contributed by atoms with E-state index in [4.69, 9.17) is 16.3 Å². The van der Waals surface area contributed by atoms with E-state index in [0.29, 0.717) is 23.4 Å². The minimum Gasteiger partial charge on any atom is -0.445 e. The molecule has 2 heterocycles. The molecule has 0 amide bonds. The number of nitrogens with one attached hydrogen (secondary N) is 1. The Hall–Kier alpha value is -4.16. The van der Waals surface area contributed by atoms with Crippen molar-refractivity contribution >= 4 is 34.3 Å². The SMILES string of the molecule is Cc1nn(Cc2ccccc2)c(Cl)c1C(=O)O[C@@H](C(=O)c1c[nH]c2ccccc12)c1ccccc1. The summed E-state index contributed by atoms with van der Waals surface area (Å²) in [6, 6.07) is 26.2. The first kappa shape index (κ1) is 22.6. The molecule has 1 N–H and O–H groups in total. The molecule has 0 radical (unpaired) electrons. The van der Waals surface area contributed by atoms with Gasteiger partial charge in [0.15, 0.2) is 6.10 Å². The molecule has 0 saturated carbocycles. The molecule has 5 aromatic rings. The van der Waals surface area contributed by atoms with Gasteiger partial charge in [-0.25, -0.2) is 9.48 Å². The van der Waals surface area contributed by atoms with Gasteiger partial charge in [-0.3, -0.25) is 4.79 Å². The number of aromatic amines is 1. The Morgan fingerprint density at radius 3 is 2.37 bits per heavy atom. The number of Topliss-reactive ketones (excluding diaryl/α,β-unsaturated/α-hetero) is 1. The maximum Gasteiger partial charge on any atom is 0.344 e. The number of benzene rings is 3. The number of halogens is 1. The fourth-order valence-electron chi connectivity index (χ4n) is 4.13. The smallest absolute Gasteiger partial charge is 0.344 e. The molecule has 0 fully saturated rings. The zero-order chi connectivity index (χ0) is 24.4. The van der Waals surface area contributed by atoms with Gasteiger partial charge in [0.05, 0.1) is 12.2 Å². The van der Waals surface area contributed by atoms with Gasteiger partial charge in [0.2, 0.25) is 5.78 Å². The average molecular weight is 484 g/mol. The van der Waals surface area contributed by atoms with Crippen molar-refractivity contribution in [2.45, 2.75) is 19.6 Å². The molecule has 5 rings (SSSR count). The first-order valence-corrected chi connectivity index (χ1v) is 11.5. The molecule has 0 aliphatic rings. The number of ketones is 1. The number of aryl methyl sites for hydroxylation is 1. The first-order valence-electron chi connectivity index (χ1n) is 11.2. The Morgan fingerprint density at radius 1 is 0.971 bits per heavy atom. The topological polar surface area (TPSA) is 77.0 Å². The fraction of sp³-hybridized carbons (Fsp3) is 0.107. The van der Waals surface area contributed by atoms with Crippen LogP contribution in [0.25, 0.3) is 10.9 Å². The Balaban J connectivity index is 1.48. The number of fused-ring (bicyclic) bond motifs is 1. The minimum atomic E-state index is -1.14. The van der Waals surface area contributed by atoms with Crippen molar-refractivity contribution < 1.29 is 14.3 Å². The van der Waals surface area contributed by atoms with Gasteiger partial charge in [-0.2, -0.15) is 5.10 Å². The van der Waals surface area contributed by atoms with Gasteiger partial charge in [-0.15, -0.1) is 0 Å². The van der Waals surface area contributed by atoms with Crippen LogP contribution in [0.2, 0.25) is 5.15 Å². The summed E-state index contributed by atoms with van der Waals surface area (Å²) < 4.78 is 7.40. The summed E-state index contributed by atoms with van der Waals surface area (Å²) in [5, 5.41) is 5.37. The Bertz CT molecular complexity index is 1510. The molecular weight excluding hydrogens is 462 g/mol. The molecule has 2 aromatic heterocycles. The summed E-state index contributed by atoms with van der Waals surface area (Å²) >= 11 is 6.57. The maximum atomic E-state index is 13.7. The number of aromatic nitrogens is 3. The molecule has 0 aliphatic heterocycles. The van der Waals surface area contributed by atoms with Crippen LogP contribution in [0.1, 0.15) is 43.6 Å². The highest BCUT2D eigenvalue weighted by atomic mass is 35.5. The van der Waals surface area contributed by atoms with Crippen molar-refractivity contribution in [1.82, 2.24) is 14.8 Å². The summed E-state index contributed by atoms with van der Waals surface area (Å²) in [4.78, 5) is 30.1. The third kappa shape index (κ3) is 4.48.